The summed E-state index contributed by atoms with van der Waals surface area (Å²) in [5.74, 6) is 0. The molecule has 0 aromatic rings. The fraction of sp³-hybridized carbons (Fsp3) is 1.00. The number of hydrogen-bond donors (Lipinski definition) is 0. The van der Waals surface area contributed by atoms with Crippen LogP contribution in [0, 0.1) is 0 Å². The van der Waals surface area contributed by atoms with Gasteiger partial charge in [0.2, 0.25) is 0 Å². The van der Waals surface area contributed by atoms with E-state index in [0.717, 1.165) is 0 Å². The molecule has 0 saturated heterocycles. The van der Waals surface area contributed by atoms with Gasteiger partial charge >= 0.3 is 123 Å². The second-order valence-corrected chi connectivity index (χ2v) is 9.36. The van der Waals surface area contributed by atoms with E-state index in [-0.39, 0.29) is 0 Å². The summed E-state index contributed by atoms with van der Waals surface area (Å²) in [5.41, 5.74) is -18.8. The van der Waals surface area contributed by atoms with Crippen molar-refractivity contribution < 1.29 is 74.1 Å². The van der Waals surface area contributed by atoms with E-state index in [0.29, 0.717) is 0 Å². The van der Waals surface area contributed by atoms with Crippen LogP contribution in [0.15, 0.2) is 0 Å². The second kappa shape index (κ2) is 4.55. The Kier molecular flexibility index (Phi) is 4.42. The quantitative estimate of drug-likeness (QED) is 0.319. The zero-order valence-corrected chi connectivity index (χ0v) is 11.8. The van der Waals surface area contributed by atoms with Gasteiger partial charge in [-0.2, -0.15) is 0 Å². The first-order valence-electron chi connectivity index (χ1n) is 5.07. The molecule has 1 atom stereocenters. The molecule has 0 amide bonds. The number of rotatable bonds is 3. The van der Waals surface area contributed by atoms with Gasteiger partial charge in [0.05, 0.1) is 0 Å². The van der Waals surface area contributed by atoms with Gasteiger partial charge in [-0.3, -0.25) is 0 Å². The number of alkyl halides is 14. The van der Waals surface area contributed by atoms with Gasteiger partial charge in [0.15, 0.2) is 0 Å². The topological polar surface area (TPSA) is 0 Å². The van der Waals surface area contributed by atoms with Crippen LogP contribution in [0.3, 0.4) is 0 Å². The molecule has 0 rings (SSSR count). The third-order valence-corrected chi connectivity index (χ3v) is 8.24. The van der Waals surface area contributed by atoms with Crippen LogP contribution in [0.25, 0.3) is 0 Å². The first kappa shape index (κ1) is 24.2. The second-order valence-electron chi connectivity index (χ2n) is 4.82. The average molecular weight is 441 g/mol. The minimum atomic E-state index is -14.3. The van der Waals surface area contributed by atoms with Crippen LogP contribution in [0.1, 0.15) is 6.92 Å². The Balaban J connectivity index is 7.87. The first-order chi connectivity index (χ1) is 10.1. The molecule has 0 aliphatic heterocycles. The summed E-state index contributed by atoms with van der Waals surface area (Å²) in [5, 5.41) is -8.25. The summed E-state index contributed by atoms with van der Waals surface area (Å²) in [6, 6.07) is 0. The molecule has 0 radical (unpaired) electrons. The normalized spacial score (nSPS) is 21.4. The summed E-state index contributed by atoms with van der Waals surface area (Å²) in [6.45, 7) is -16.6. The molecule has 0 spiro atoms. The van der Waals surface area contributed by atoms with Crippen LogP contribution in [0.4, 0.5) is 74.1 Å². The Labute approximate surface area is 124 Å². The van der Waals surface area contributed by atoms with Crippen molar-refractivity contribution in [3.8, 4) is 0 Å². The summed E-state index contributed by atoms with van der Waals surface area (Å²) < 4.78 is 215. The van der Waals surface area contributed by atoms with Crippen molar-refractivity contribution in [3.05, 3.63) is 0 Å². The predicted octanol–water partition coefficient (Wildman–Crippen LogP) is 7.29. The van der Waals surface area contributed by atoms with E-state index in [9.17, 15) is 74.1 Å². The van der Waals surface area contributed by atoms with Gasteiger partial charge in [0.25, 0.3) is 0 Å². The van der Waals surface area contributed by atoms with Gasteiger partial charge in [-0.05, 0) is 0 Å². The van der Waals surface area contributed by atoms with Gasteiger partial charge in [-0.15, -0.1) is 0 Å². The predicted molar refractivity (Wildman–Crippen MR) is 47.8 cm³/mol. The molecule has 0 aliphatic carbocycles. The Hall–Kier alpha value is -0.760. The zero-order chi connectivity index (χ0) is 21.4. The first-order valence-corrected chi connectivity index (χ1v) is 7.43. The molecule has 0 saturated carbocycles. The Morgan fingerprint density at radius 1 is 0.440 bits per heavy atom. The molecule has 0 aliphatic rings. The summed E-state index contributed by atoms with van der Waals surface area (Å²) in [6.07, 6.45) is -25.0. The molecular weight excluding hydrogens is 438 g/mol. The van der Waals surface area contributed by atoms with Crippen LogP contribution in [0.5, 0.6) is 0 Å². The van der Waals surface area contributed by atoms with Crippen molar-refractivity contribution >= 4 is 6.88 Å². The van der Waals surface area contributed by atoms with E-state index in [4.69, 9.17) is 0 Å². The molecule has 18 heteroatoms. The molecule has 0 aromatic heterocycles. The van der Waals surface area contributed by atoms with Gasteiger partial charge < -0.3 is 0 Å². The Morgan fingerprint density at radius 3 is 0.760 bits per heavy atom. The molecule has 0 heterocycles. The van der Waals surface area contributed by atoms with E-state index in [2.05, 4.69) is 0 Å². The average Bonchev–Trinajstić information content (AvgIpc) is 2.23. The molecule has 0 N–H and O–H groups in total. The Bertz CT molecular complexity index is 470. The van der Waals surface area contributed by atoms with Crippen molar-refractivity contribution in [1.82, 2.24) is 0 Å². The molecule has 0 aromatic carbocycles. The number of hydrogen-bond acceptors (Lipinski definition) is 0. The van der Waals surface area contributed by atoms with E-state index in [1.165, 1.54) is 0 Å². The SMILES string of the molecule is CC(F)(C(F)(F)F)[P-](F)(F)(F)(C(F)(F)C(F)(F)F)C(F)(F)C(F)(F)F. The summed E-state index contributed by atoms with van der Waals surface area (Å²) in [7, 11) is 0. The van der Waals surface area contributed by atoms with E-state index in [1.54, 1.807) is 0 Å². The van der Waals surface area contributed by atoms with Crippen LogP contribution >= 0.6 is 6.88 Å². The molecule has 0 bridgehead atoms. The van der Waals surface area contributed by atoms with Gasteiger partial charge in [0, 0.05) is 0 Å². The molecular formula is C7H3F17P-. The maximum atomic E-state index is 13.8. The van der Waals surface area contributed by atoms with E-state index < -0.39 is 49.1 Å². The third-order valence-electron chi connectivity index (χ3n) is 3.29. The Morgan fingerprint density at radius 2 is 0.640 bits per heavy atom. The minimum absolute atomic E-state index is 2.29. The van der Waals surface area contributed by atoms with Gasteiger partial charge in [-0.25, -0.2) is 0 Å². The fourth-order valence-corrected chi connectivity index (χ4v) is 4.55. The van der Waals surface area contributed by atoms with Gasteiger partial charge in [-0.1, -0.05) is 0 Å². The van der Waals surface area contributed by atoms with Crippen LogP contribution < -0.4 is 0 Å². The van der Waals surface area contributed by atoms with Crippen molar-refractivity contribution in [2.75, 3.05) is 0 Å². The fourth-order valence-electron chi connectivity index (χ4n) is 1.52. The zero-order valence-electron chi connectivity index (χ0n) is 10.9. The van der Waals surface area contributed by atoms with E-state index in [1.807, 2.05) is 0 Å². The molecule has 0 nitrogen and oxygen atoms in total. The van der Waals surface area contributed by atoms with Crippen molar-refractivity contribution in [2.45, 2.75) is 42.2 Å². The van der Waals surface area contributed by atoms with E-state index >= 15 is 0 Å². The third kappa shape index (κ3) is 2.07. The number of halogens is 17. The van der Waals surface area contributed by atoms with Crippen molar-refractivity contribution in [1.29, 1.82) is 0 Å². The van der Waals surface area contributed by atoms with Crippen molar-refractivity contribution in [3.63, 3.8) is 0 Å². The van der Waals surface area contributed by atoms with Crippen LogP contribution in [0.2, 0.25) is 0 Å². The van der Waals surface area contributed by atoms with Gasteiger partial charge in [0.1, 0.15) is 0 Å². The summed E-state index contributed by atoms with van der Waals surface area (Å²) >= 11 is 0. The molecule has 1 unspecified atom stereocenters. The maximum absolute atomic E-state index is 14.3. The standard InChI is InChI=1S/C7H3F17P/c1-2(8,3(9,10)11)25(22,23,24,6(18,19)4(12,13)14)7(20,21)5(15,16)17/h1H3/q-1. The van der Waals surface area contributed by atoms with Crippen LogP contribution in [-0.4, -0.2) is 35.3 Å². The molecule has 0 fully saturated rings. The molecule has 25 heavy (non-hydrogen) atoms. The van der Waals surface area contributed by atoms with Crippen LogP contribution in [-0.2, 0) is 0 Å². The summed E-state index contributed by atoms with van der Waals surface area (Å²) in [4.78, 5) is 0. The molecule has 156 valence electrons. The van der Waals surface area contributed by atoms with Crippen molar-refractivity contribution in [2.24, 2.45) is 0 Å². The monoisotopic (exact) mass is 441 g/mol.